The maximum atomic E-state index is 13.2. The predicted octanol–water partition coefficient (Wildman–Crippen LogP) is 2.86. The van der Waals surface area contributed by atoms with Crippen molar-refractivity contribution in [1.29, 1.82) is 0 Å². The number of allylic oxidation sites excluding steroid dienone is 3. The number of pyridine rings is 1. The number of rotatable bonds is 4. The first-order chi connectivity index (χ1) is 15.1. The Morgan fingerprint density at radius 3 is 2.84 bits per heavy atom. The molecule has 2 aromatic heterocycles. The number of nitrogens with zero attached hydrogens (tertiary/aromatic N) is 3. The van der Waals surface area contributed by atoms with Crippen LogP contribution in [0.5, 0.6) is 0 Å². The van der Waals surface area contributed by atoms with Crippen LogP contribution in [0.4, 0.5) is 19.0 Å². The third-order valence-electron chi connectivity index (χ3n) is 6.00. The number of anilines is 1. The molecule has 0 amide bonds. The zero-order valence-electron chi connectivity index (χ0n) is 17.8. The molecular weight excluding hydrogens is 421 g/mol. The van der Waals surface area contributed by atoms with Gasteiger partial charge in [-0.3, -0.25) is 4.79 Å². The lowest BCUT2D eigenvalue weighted by atomic mass is 9.88. The predicted molar refractivity (Wildman–Crippen MR) is 118 cm³/mol. The van der Waals surface area contributed by atoms with Crippen LogP contribution in [0.15, 0.2) is 46.6 Å². The van der Waals surface area contributed by atoms with E-state index in [-0.39, 0.29) is 11.3 Å². The second kappa shape index (κ2) is 8.42. The highest BCUT2D eigenvalue weighted by Crippen LogP contribution is 2.34. The highest BCUT2D eigenvalue weighted by Gasteiger charge is 2.35. The lowest BCUT2D eigenvalue weighted by molar-refractivity contribution is -0.0890. The van der Waals surface area contributed by atoms with Gasteiger partial charge in [0.25, 0.3) is 5.56 Å². The summed E-state index contributed by atoms with van der Waals surface area (Å²) >= 11 is 0. The molecule has 2 atom stereocenters. The van der Waals surface area contributed by atoms with Crippen molar-refractivity contribution in [2.75, 3.05) is 18.4 Å². The summed E-state index contributed by atoms with van der Waals surface area (Å²) in [5, 5.41) is 15.3. The highest BCUT2D eigenvalue weighted by molar-refractivity contribution is 5.91. The number of alkyl halides is 3. The molecule has 0 aromatic carbocycles. The van der Waals surface area contributed by atoms with Crippen molar-refractivity contribution in [3.05, 3.63) is 57.7 Å². The van der Waals surface area contributed by atoms with Crippen LogP contribution in [0.25, 0.3) is 16.5 Å². The Balaban J connectivity index is 1.71. The Labute approximate surface area is 182 Å². The maximum Gasteiger partial charge on any atom is 0.416 e. The molecule has 0 saturated heterocycles. The first-order valence-corrected chi connectivity index (χ1v) is 10.4. The fourth-order valence-electron chi connectivity index (χ4n) is 4.18. The summed E-state index contributed by atoms with van der Waals surface area (Å²) in [6, 6.07) is 1.39. The van der Waals surface area contributed by atoms with Crippen LogP contribution in [0, 0.1) is 5.92 Å². The van der Waals surface area contributed by atoms with E-state index < -0.39 is 23.7 Å². The van der Waals surface area contributed by atoms with Gasteiger partial charge >= 0.3 is 6.18 Å². The van der Waals surface area contributed by atoms with Crippen molar-refractivity contribution in [2.45, 2.75) is 32.0 Å². The molecule has 1 unspecified atom stereocenters. The number of hydrogen-bond acceptors (Lipinski definition) is 6. The zero-order chi connectivity index (χ0) is 23.0. The average Bonchev–Trinajstić information content (AvgIpc) is 2.76. The molecule has 1 aliphatic heterocycles. The zero-order valence-corrected chi connectivity index (χ0v) is 17.8. The maximum absolute atomic E-state index is 13.2. The molecule has 10 heteroatoms. The summed E-state index contributed by atoms with van der Waals surface area (Å²) in [5.41, 5.74) is 7.25. The number of aromatic nitrogens is 3. The molecule has 1 aliphatic carbocycles. The minimum absolute atomic E-state index is 0.124. The molecule has 0 spiro atoms. The minimum atomic E-state index is -4.46. The molecule has 4 rings (SSSR count). The van der Waals surface area contributed by atoms with Crippen molar-refractivity contribution in [2.24, 2.45) is 18.7 Å². The normalized spacial score (nSPS) is 20.4. The Morgan fingerprint density at radius 1 is 1.38 bits per heavy atom. The third kappa shape index (κ3) is 4.27. The molecule has 0 fully saturated rings. The Hall–Kier alpha value is -3.14. The number of hydrogen-bond donors (Lipinski definition) is 3. The van der Waals surface area contributed by atoms with Gasteiger partial charge in [0, 0.05) is 42.2 Å². The molecule has 32 heavy (non-hydrogen) atoms. The second-order valence-corrected chi connectivity index (χ2v) is 8.24. The van der Waals surface area contributed by atoms with E-state index in [4.69, 9.17) is 5.73 Å². The van der Waals surface area contributed by atoms with E-state index >= 15 is 0 Å². The molecule has 4 N–H and O–H groups in total. The van der Waals surface area contributed by atoms with Gasteiger partial charge in [0.2, 0.25) is 0 Å². The molecule has 7 nitrogen and oxygen atoms in total. The van der Waals surface area contributed by atoms with Gasteiger partial charge in [-0.25, -0.2) is 0 Å². The quantitative estimate of drug-likeness (QED) is 0.668. The molecule has 2 aliphatic rings. The summed E-state index contributed by atoms with van der Waals surface area (Å²) < 4.78 is 41.2. The largest absolute Gasteiger partial charge is 0.416 e. The van der Waals surface area contributed by atoms with Gasteiger partial charge in [-0.2, -0.15) is 18.3 Å². The van der Waals surface area contributed by atoms with Crippen LogP contribution < -0.4 is 21.9 Å². The highest BCUT2D eigenvalue weighted by atomic mass is 19.4. The minimum Gasteiger partial charge on any atom is -0.402 e. The first kappa shape index (κ1) is 22.1. The van der Waals surface area contributed by atoms with Gasteiger partial charge < -0.3 is 20.9 Å². The van der Waals surface area contributed by atoms with Gasteiger partial charge in [0.05, 0.1) is 17.3 Å². The first-order valence-electron chi connectivity index (χ1n) is 10.4. The number of nitrogens with one attached hydrogen (secondary N) is 2. The number of aryl methyl sites for hydroxylation is 1. The van der Waals surface area contributed by atoms with E-state index in [1.54, 1.807) is 20.0 Å². The second-order valence-electron chi connectivity index (χ2n) is 8.24. The van der Waals surface area contributed by atoms with Crippen molar-refractivity contribution in [3.63, 3.8) is 0 Å². The molecule has 2 aromatic rings. The van der Waals surface area contributed by atoms with E-state index in [1.165, 1.54) is 16.8 Å². The number of nitrogens with two attached hydrogens (primary N) is 1. The topological polar surface area (TPSA) is 97.9 Å². The molecule has 0 bridgehead atoms. The standard InChI is InChI=1S/C22H25F3N6O/c1-12(14-7-15(22(23,24)25)9-16(26)8-14)29-20-18-10-17(13-3-5-27-6-4-13)21(32)31(2)19(18)11-28-30-20/h3,7,9-12,14,27H,4-6,8,26H2,1-2H3,(H,29,30)/t12-,14?/m1/s1. The van der Waals surface area contributed by atoms with Crippen molar-refractivity contribution < 1.29 is 13.2 Å². The van der Waals surface area contributed by atoms with Gasteiger partial charge in [-0.05, 0) is 44.0 Å². The fraction of sp³-hybridized carbons (Fsp3) is 0.409. The summed E-state index contributed by atoms with van der Waals surface area (Å²) in [6.07, 6.45) is 2.27. The SMILES string of the molecule is C[C@@H](Nc1nncc2c1cc(C1=CCNCC1)c(=O)n2C)C1C=C(C(F)(F)F)C=C(N)C1. The van der Waals surface area contributed by atoms with Crippen molar-refractivity contribution in [1.82, 2.24) is 20.1 Å². The molecule has 0 radical (unpaired) electrons. The van der Waals surface area contributed by atoms with E-state index in [1.807, 2.05) is 6.08 Å². The number of halogens is 3. The van der Waals surface area contributed by atoms with Gasteiger partial charge in [0.15, 0.2) is 5.82 Å². The van der Waals surface area contributed by atoms with E-state index in [2.05, 4.69) is 20.8 Å². The van der Waals surface area contributed by atoms with Crippen LogP contribution in [0.2, 0.25) is 0 Å². The Bertz CT molecular complexity index is 1190. The molecule has 170 valence electrons. The smallest absolute Gasteiger partial charge is 0.402 e. The molecule has 3 heterocycles. The van der Waals surface area contributed by atoms with Gasteiger partial charge in [0.1, 0.15) is 0 Å². The summed E-state index contributed by atoms with van der Waals surface area (Å²) in [5.74, 6) is -0.0655. The molecule has 0 saturated carbocycles. The Kier molecular flexibility index (Phi) is 5.81. The van der Waals surface area contributed by atoms with Crippen molar-refractivity contribution >= 4 is 22.3 Å². The third-order valence-corrected chi connectivity index (χ3v) is 6.00. The van der Waals surface area contributed by atoms with Crippen LogP contribution in [-0.2, 0) is 7.05 Å². The average molecular weight is 446 g/mol. The number of fused-ring (bicyclic) bond motifs is 1. The van der Waals surface area contributed by atoms with Crippen LogP contribution in [0.1, 0.15) is 25.3 Å². The fourth-order valence-corrected chi connectivity index (χ4v) is 4.18. The lowest BCUT2D eigenvalue weighted by Gasteiger charge is -2.27. The van der Waals surface area contributed by atoms with Crippen LogP contribution in [0.3, 0.4) is 0 Å². The van der Waals surface area contributed by atoms with E-state index in [0.717, 1.165) is 24.6 Å². The monoisotopic (exact) mass is 446 g/mol. The summed E-state index contributed by atoms with van der Waals surface area (Å²) in [4.78, 5) is 12.9. The molecular formula is C22H25F3N6O. The van der Waals surface area contributed by atoms with E-state index in [0.29, 0.717) is 35.2 Å². The van der Waals surface area contributed by atoms with E-state index in [9.17, 15) is 18.0 Å². The lowest BCUT2D eigenvalue weighted by Crippen LogP contribution is -2.30. The van der Waals surface area contributed by atoms with Crippen LogP contribution in [-0.4, -0.2) is 40.1 Å². The van der Waals surface area contributed by atoms with Crippen molar-refractivity contribution in [3.8, 4) is 0 Å². The summed E-state index contributed by atoms with van der Waals surface area (Å²) in [6.45, 7) is 3.26. The van der Waals surface area contributed by atoms with Crippen LogP contribution >= 0.6 is 0 Å². The van der Waals surface area contributed by atoms with Gasteiger partial charge in [-0.15, -0.1) is 5.10 Å². The Morgan fingerprint density at radius 2 is 2.16 bits per heavy atom. The van der Waals surface area contributed by atoms with Gasteiger partial charge in [-0.1, -0.05) is 12.2 Å². The summed E-state index contributed by atoms with van der Waals surface area (Å²) in [7, 11) is 1.68.